The van der Waals surface area contributed by atoms with E-state index < -0.39 is 0 Å². The summed E-state index contributed by atoms with van der Waals surface area (Å²) in [6, 6.07) is 10.5. The van der Waals surface area contributed by atoms with Crippen LogP contribution in [0.4, 0.5) is 0 Å². The quantitative estimate of drug-likeness (QED) is 0.817. The molecule has 0 spiro atoms. The van der Waals surface area contributed by atoms with Crippen molar-refractivity contribution < 1.29 is 4.79 Å². The molecule has 1 aliphatic rings. The highest BCUT2D eigenvalue weighted by atomic mass is 32.2. The molecule has 2 rings (SSSR count). The molecular formula is C14H19NOS. The molecule has 1 aromatic rings. The first-order valence-corrected chi connectivity index (χ1v) is 7.12. The van der Waals surface area contributed by atoms with Gasteiger partial charge in [0.15, 0.2) is 0 Å². The molecule has 17 heavy (non-hydrogen) atoms. The average molecular weight is 249 g/mol. The topological polar surface area (TPSA) is 20.3 Å². The van der Waals surface area contributed by atoms with Crippen LogP contribution in [0.25, 0.3) is 0 Å². The van der Waals surface area contributed by atoms with Gasteiger partial charge in [-0.15, -0.1) is 11.8 Å². The first-order valence-electron chi connectivity index (χ1n) is 6.17. The molecule has 1 aromatic carbocycles. The molecule has 0 saturated carbocycles. The van der Waals surface area contributed by atoms with Crippen molar-refractivity contribution in [3.05, 3.63) is 35.9 Å². The van der Waals surface area contributed by atoms with Crippen LogP contribution in [0.1, 0.15) is 30.6 Å². The monoisotopic (exact) mass is 249 g/mol. The maximum Gasteiger partial charge on any atom is 0.235 e. The Morgan fingerprint density at radius 3 is 2.65 bits per heavy atom. The number of rotatable bonds is 4. The molecule has 2 atom stereocenters. The molecule has 0 radical (unpaired) electrons. The van der Waals surface area contributed by atoms with Crippen LogP contribution in [0, 0.1) is 0 Å². The lowest BCUT2D eigenvalue weighted by atomic mass is 10.1. The molecule has 0 aliphatic carbocycles. The highest BCUT2D eigenvalue weighted by molar-refractivity contribution is 8.00. The first-order chi connectivity index (χ1) is 8.22. The normalized spacial score (nSPS) is 21.9. The predicted octanol–water partition coefficient (Wildman–Crippen LogP) is 3.10. The number of benzene rings is 1. The molecule has 3 heteroatoms. The summed E-state index contributed by atoms with van der Waals surface area (Å²) >= 11 is 1.83. The largest absolute Gasteiger partial charge is 0.345 e. The summed E-state index contributed by atoms with van der Waals surface area (Å²) in [4.78, 5) is 13.7. The minimum absolute atomic E-state index is 0.158. The lowest BCUT2D eigenvalue weighted by molar-refractivity contribution is -0.126. The smallest absolute Gasteiger partial charge is 0.235 e. The van der Waals surface area contributed by atoms with Gasteiger partial charge in [0.1, 0.15) is 0 Å². The van der Waals surface area contributed by atoms with E-state index in [2.05, 4.69) is 31.2 Å². The maximum absolute atomic E-state index is 11.9. The second-order valence-electron chi connectivity index (χ2n) is 4.48. The number of amides is 1. The van der Waals surface area contributed by atoms with Crippen molar-refractivity contribution in [2.24, 2.45) is 0 Å². The van der Waals surface area contributed by atoms with Crippen molar-refractivity contribution >= 4 is 17.7 Å². The second-order valence-corrected chi connectivity index (χ2v) is 5.89. The number of carbonyl (C=O) groups is 1. The van der Waals surface area contributed by atoms with Crippen molar-refractivity contribution in [2.75, 3.05) is 13.6 Å². The van der Waals surface area contributed by atoms with Gasteiger partial charge in [-0.3, -0.25) is 4.79 Å². The van der Waals surface area contributed by atoms with Crippen LogP contribution in [-0.4, -0.2) is 29.6 Å². The number of nitrogens with zero attached hydrogens (tertiary/aromatic N) is 1. The fourth-order valence-corrected chi connectivity index (χ4v) is 3.63. The lowest BCUT2D eigenvalue weighted by Crippen LogP contribution is -2.24. The van der Waals surface area contributed by atoms with Crippen LogP contribution in [0.2, 0.25) is 0 Å². The van der Waals surface area contributed by atoms with E-state index in [0.717, 1.165) is 19.4 Å². The zero-order valence-electron chi connectivity index (χ0n) is 10.4. The highest BCUT2D eigenvalue weighted by Gasteiger charge is 2.31. The molecule has 1 amide bonds. The average Bonchev–Trinajstić information content (AvgIpc) is 2.68. The molecule has 2 nitrogen and oxygen atoms in total. The van der Waals surface area contributed by atoms with E-state index in [-0.39, 0.29) is 5.25 Å². The molecule has 0 N–H and O–H groups in total. The van der Waals surface area contributed by atoms with Crippen molar-refractivity contribution in [2.45, 2.75) is 30.3 Å². The van der Waals surface area contributed by atoms with Crippen LogP contribution in [0.15, 0.2) is 30.3 Å². The summed E-state index contributed by atoms with van der Waals surface area (Å²) < 4.78 is 0. The SMILES string of the molecule is CC[C@@H](S[C@H]1CCN(C)C1=O)c1ccccc1. The Morgan fingerprint density at radius 1 is 1.41 bits per heavy atom. The predicted molar refractivity (Wildman–Crippen MR) is 73.1 cm³/mol. The third-order valence-corrected chi connectivity index (χ3v) is 4.95. The number of hydrogen-bond acceptors (Lipinski definition) is 2. The van der Waals surface area contributed by atoms with Crippen LogP contribution < -0.4 is 0 Å². The molecule has 1 aliphatic heterocycles. The molecule has 0 aromatic heterocycles. The standard InChI is InChI=1S/C14H19NOS/c1-3-12(11-7-5-4-6-8-11)17-13-9-10-15(2)14(13)16/h4-8,12-13H,3,9-10H2,1-2H3/t12-,13+/m1/s1. The van der Waals surface area contributed by atoms with Gasteiger partial charge in [0.25, 0.3) is 0 Å². The van der Waals surface area contributed by atoms with E-state index in [1.807, 2.05) is 29.8 Å². The number of hydrogen-bond donors (Lipinski definition) is 0. The molecular weight excluding hydrogens is 230 g/mol. The highest BCUT2D eigenvalue weighted by Crippen LogP contribution is 2.38. The van der Waals surface area contributed by atoms with Crippen LogP contribution in [-0.2, 0) is 4.79 Å². The Kier molecular flexibility index (Phi) is 4.11. The number of thioether (sulfide) groups is 1. The van der Waals surface area contributed by atoms with Gasteiger partial charge in [0.05, 0.1) is 5.25 Å². The van der Waals surface area contributed by atoms with Crippen LogP contribution >= 0.6 is 11.8 Å². The molecule has 1 saturated heterocycles. The lowest BCUT2D eigenvalue weighted by Gasteiger charge is -2.18. The van der Waals surface area contributed by atoms with Gasteiger partial charge < -0.3 is 4.90 Å². The summed E-state index contributed by atoms with van der Waals surface area (Å²) in [6.07, 6.45) is 2.06. The van der Waals surface area contributed by atoms with Gasteiger partial charge in [-0.2, -0.15) is 0 Å². The Morgan fingerprint density at radius 2 is 2.12 bits per heavy atom. The molecule has 1 heterocycles. The van der Waals surface area contributed by atoms with Gasteiger partial charge in [-0.05, 0) is 18.4 Å². The van der Waals surface area contributed by atoms with E-state index >= 15 is 0 Å². The van der Waals surface area contributed by atoms with Crippen LogP contribution in [0.5, 0.6) is 0 Å². The van der Waals surface area contributed by atoms with E-state index in [1.54, 1.807) is 0 Å². The fourth-order valence-electron chi connectivity index (χ4n) is 2.19. The van der Waals surface area contributed by atoms with Gasteiger partial charge in [0, 0.05) is 18.8 Å². The van der Waals surface area contributed by atoms with E-state index in [1.165, 1.54) is 5.56 Å². The van der Waals surface area contributed by atoms with Gasteiger partial charge in [-0.25, -0.2) is 0 Å². The minimum Gasteiger partial charge on any atom is -0.345 e. The van der Waals surface area contributed by atoms with Crippen molar-refractivity contribution in [1.29, 1.82) is 0 Å². The number of likely N-dealkylation sites (tertiary alicyclic amines) is 1. The second kappa shape index (κ2) is 5.58. The third kappa shape index (κ3) is 2.83. The van der Waals surface area contributed by atoms with E-state index in [9.17, 15) is 4.79 Å². The van der Waals surface area contributed by atoms with Gasteiger partial charge >= 0.3 is 0 Å². The van der Waals surface area contributed by atoms with Gasteiger partial charge in [0.2, 0.25) is 5.91 Å². The summed E-state index contributed by atoms with van der Waals surface area (Å²) in [5, 5.41) is 0.599. The summed E-state index contributed by atoms with van der Waals surface area (Å²) in [6.45, 7) is 3.09. The van der Waals surface area contributed by atoms with Crippen molar-refractivity contribution in [3.8, 4) is 0 Å². The maximum atomic E-state index is 11.9. The molecule has 92 valence electrons. The molecule has 0 bridgehead atoms. The summed E-state index contributed by atoms with van der Waals surface area (Å²) in [5.41, 5.74) is 1.34. The zero-order chi connectivity index (χ0) is 12.3. The summed E-state index contributed by atoms with van der Waals surface area (Å²) in [7, 11) is 1.90. The van der Waals surface area contributed by atoms with Crippen LogP contribution in [0.3, 0.4) is 0 Å². The summed E-state index contributed by atoms with van der Waals surface area (Å²) in [5.74, 6) is 0.296. The minimum atomic E-state index is 0.158. The van der Waals surface area contributed by atoms with Crippen molar-refractivity contribution in [1.82, 2.24) is 4.90 Å². The Balaban J connectivity index is 2.04. The van der Waals surface area contributed by atoms with E-state index in [0.29, 0.717) is 11.2 Å². The third-order valence-electron chi connectivity index (χ3n) is 3.25. The fraction of sp³-hybridized carbons (Fsp3) is 0.500. The van der Waals surface area contributed by atoms with E-state index in [4.69, 9.17) is 0 Å². The molecule has 1 fully saturated rings. The zero-order valence-corrected chi connectivity index (χ0v) is 11.2. The Bertz CT molecular complexity index is 379. The Hall–Kier alpha value is -0.960. The molecule has 0 unspecified atom stereocenters. The van der Waals surface area contributed by atoms with Gasteiger partial charge in [-0.1, -0.05) is 37.3 Å². The Labute approximate surface area is 107 Å². The first kappa shape index (κ1) is 12.5. The number of carbonyl (C=O) groups excluding carboxylic acids is 1. The van der Waals surface area contributed by atoms with Crippen molar-refractivity contribution in [3.63, 3.8) is 0 Å².